The summed E-state index contributed by atoms with van der Waals surface area (Å²) in [6.07, 6.45) is 2.98. The number of aliphatic hydroxyl groups is 1. The summed E-state index contributed by atoms with van der Waals surface area (Å²) in [5, 5.41) is 12.7. The molecule has 2 fully saturated rings. The Morgan fingerprint density at radius 1 is 1.45 bits per heavy atom. The van der Waals surface area contributed by atoms with E-state index in [4.69, 9.17) is 0 Å². The minimum Gasteiger partial charge on any atom is -0.392 e. The van der Waals surface area contributed by atoms with E-state index < -0.39 is 0 Å². The van der Waals surface area contributed by atoms with E-state index in [1.54, 1.807) is 18.3 Å². The van der Waals surface area contributed by atoms with Crippen LogP contribution in [0.3, 0.4) is 0 Å². The third-order valence-corrected chi connectivity index (χ3v) is 6.25. The second kappa shape index (κ2) is 6.40. The van der Waals surface area contributed by atoms with Gasteiger partial charge in [-0.15, -0.1) is 11.3 Å². The molecule has 0 radical (unpaired) electrons. The van der Waals surface area contributed by atoms with Crippen molar-refractivity contribution in [2.24, 2.45) is 5.41 Å². The highest BCUT2D eigenvalue weighted by Crippen LogP contribution is 2.38. The summed E-state index contributed by atoms with van der Waals surface area (Å²) in [5.74, 6) is 0.149. The molecule has 0 aromatic carbocycles. The molecule has 2 atom stereocenters. The SMILES string of the molecule is CC(=O)c1cc(CN2CCC[C@]3(CN(C)CC[C@@H]3O)C2)cs1. The molecule has 0 unspecified atom stereocenters. The van der Waals surface area contributed by atoms with Crippen LogP contribution in [0.5, 0.6) is 0 Å². The Hall–Kier alpha value is -0.750. The molecule has 1 N–H and O–H groups in total. The largest absolute Gasteiger partial charge is 0.392 e. The summed E-state index contributed by atoms with van der Waals surface area (Å²) in [6.45, 7) is 6.55. The maximum absolute atomic E-state index is 11.4. The third kappa shape index (κ3) is 3.27. The molecule has 0 amide bonds. The number of rotatable bonds is 3. The first-order valence-corrected chi connectivity index (χ1v) is 9.04. The topological polar surface area (TPSA) is 43.8 Å². The second-order valence-electron chi connectivity index (χ2n) is 7.09. The molecule has 3 heterocycles. The Balaban J connectivity index is 1.68. The highest BCUT2D eigenvalue weighted by Gasteiger charge is 2.44. The Morgan fingerprint density at radius 3 is 3.00 bits per heavy atom. The summed E-state index contributed by atoms with van der Waals surface area (Å²) >= 11 is 1.54. The number of Topliss-reactive ketones (excluding diaryl/α,β-unsaturated/α-hetero) is 1. The van der Waals surface area contributed by atoms with E-state index in [1.165, 1.54) is 5.56 Å². The smallest absolute Gasteiger partial charge is 0.169 e. The Morgan fingerprint density at radius 2 is 2.27 bits per heavy atom. The van der Waals surface area contributed by atoms with Crippen LogP contribution in [0.4, 0.5) is 0 Å². The number of hydrogen-bond acceptors (Lipinski definition) is 5. The van der Waals surface area contributed by atoms with E-state index in [9.17, 15) is 9.90 Å². The Kier molecular flexibility index (Phi) is 4.69. The van der Waals surface area contributed by atoms with E-state index in [-0.39, 0.29) is 17.3 Å². The van der Waals surface area contributed by atoms with Gasteiger partial charge in [-0.3, -0.25) is 9.69 Å². The Labute approximate surface area is 136 Å². The van der Waals surface area contributed by atoms with Gasteiger partial charge in [0.15, 0.2) is 5.78 Å². The first-order valence-electron chi connectivity index (χ1n) is 8.16. The number of carbonyl (C=O) groups is 1. The summed E-state index contributed by atoms with van der Waals surface area (Å²) in [6, 6.07) is 2.03. The molecule has 0 bridgehead atoms. The van der Waals surface area contributed by atoms with Crippen molar-refractivity contribution in [1.29, 1.82) is 0 Å². The molecule has 0 saturated carbocycles. The van der Waals surface area contributed by atoms with Crippen molar-refractivity contribution in [2.45, 2.75) is 38.8 Å². The molecule has 0 aliphatic carbocycles. The van der Waals surface area contributed by atoms with E-state index in [0.717, 1.165) is 56.9 Å². The van der Waals surface area contributed by atoms with Gasteiger partial charge < -0.3 is 10.0 Å². The van der Waals surface area contributed by atoms with Gasteiger partial charge in [0.25, 0.3) is 0 Å². The molecule has 2 aliphatic rings. The van der Waals surface area contributed by atoms with Crippen LogP contribution in [0.25, 0.3) is 0 Å². The van der Waals surface area contributed by atoms with E-state index in [0.29, 0.717) is 0 Å². The average molecular weight is 322 g/mol. The van der Waals surface area contributed by atoms with Crippen LogP contribution in [-0.2, 0) is 6.54 Å². The zero-order chi connectivity index (χ0) is 15.7. The van der Waals surface area contributed by atoms with Crippen molar-refractivity contribution in [2.75, 3.05) is 33.2 Å². The quantitative estimate of drug-likeness (QED) is 0.867. The van der Waals surface area contributed by atoms with E-state index >= 15 is 0 Å². The molecule has 1 spiro atoms. The van der Waals surface area contributed by atoms with Crippen LogP contribution in [-0.4, -0.2) is 60.0 Å². The number of thiophene rings is 1. The number of aliphatic hydroxyl groups excluding tert-OH is 1. The van der Waals surface area contributed by atoms with Gasteiger partial charge in [-0.05, 0) is 56.8 Å². The lowest BCUT2D eigenvalue weighted by Crippen LogP contribution is -2.58. The first kappa shape index (κ1) is 16.1. The zero-order valence-corrected chi connectivity index (χ0v) is 14.4. The molecule has 22 heavy (non-hydrogen) atoms. The number of hydrogen-bond donors (Lipinski definition) is 1. The predicted molar refractivity (Wildman–Crippen MR) is 89.4 cm³/mol. The number of carbonyl (C=O) groups excluding carboxylic acids is 1. The fourth-order valence-electron chi connectivity index (χ4n) is 4.07. The molecule has 1 aromatic rings. The Bertz CT molecular complexity index is 545. The van der Waals surface area contributed by atoms with Crippen molar-refractivity contribution >= 4 is 17.1 Å². The molecule has 3 rings (SSSR count). The maximum Gasteiger partial charge on any atom is 0.169 e. The van der Waals surface area contributed by atoms with E-state index in [1.807, 2.05) is 6.07 Å². The summed E-state index contributed by atoms with van der Waals surface area (Å²) in [4.78, 5) is 17.1. The van der Waals surface area contributed by atoms with Gasteiger partial charge in [-0.2, -0.15) is 0 Å². The lowest BCUT2D eigenvalue weighted by Gasteiger charge is -2.50. The average Bonchev–Trinajstić information content (AvgIpc) is 2.92. The number of nitrogens with zero attached hydrogens (tertiary/aromatic N) is 2. The van der Waals surface area contributed by atoms with Crippen molar-refractivity contribution in [3.63, 3.8) is 0 Å². The molecule has 1 aromatic heterocycles. The minimum atomic E-state index is -0.179. The van der Waals surface area contributed by atoms with Gasteiger partial charge in [0.05, 0.1) is 11.0 Å². The molecule has 2 saturated heterocycles. The number of ketones is 1. The van der Waals surface area contributed by atoms with Crippen LogP contribution in [0.1, 0.15) is 41.4 Å². The van der Waals surface area contributed by atoms with Gasteiger partial charge in [-0.25, -0.2) is 0 Å². The molecule has 2 aliphatic heterocycles. The summed E-state index contributed by atoms with van der Waals surface area (Å²) < 4.78 is 0. The number of piperidine rings is 2. The minimum absolute atomic E-state index is 0.0324. The molecular formula is C17H26N2O2S. The lowest BCUT2D eigenvalue weighted by molar-refractivity contribution is -0.0807. The van der Waals surface area contributed by atoms with Crippen LogP contribution in [0.2, 0.25) is 0 Å². The van der Waals surface area contributed by atoms with Crippen molar-refractivity contribution in [3.05, 3.63) is 21.9 Å². The van der Waals surface area contributed by atoms with Crippen LogP contribution >= 0.6 is 11.3 Å². The van der Waals surface area contributed by atoms with Crippen LogP contribution in [0, 0.1) is 5.41 Å². The highest BCUT2D eigenvalue weighted by molar-refractivity contribution is 7.12. The van der Waals surface area contributed by atoms with E-state index in [2.05, 4.69) is 22.2 Å². The fraction of sp³-hybridized carbons (Fsp3) is 0.706. The molecular weight excluding hydrogens is 296 g/mol. The van der Waals surface area contributed by atoms with Gasteiger partial charge in [-0.1, -0.05) is 0 Å². The molecule has 122 valence electrons. The number of likely N-dealkylation sites (tertiary alicyclic amines) is 2. The molecule has 4 nitrogen and oxygen atoms in total. The standard InChI is InChI=1S/C17H26N2O2S/c1-13(20)15-8-14(10-22-15)9-19-6-3-5-17(12-19)11-18(2)7-4-16(17)21/h8,10,16,21H,3-7,9,11-12H2,1-2H3/t16-,17-/m0/s1. The third-order valence-electron chi connectivity index (χ3n) is 5.17. The van der Waals surface area contributed by atoms with Gasteiger partial charge in [0.1, 0.15) is 0 Å². The lowest BCUT2D eigenvalue weighted by atomic mass is 9.71. The zero-order valence-electron chi connectivity index (χ0n) is 13.5. The normalized spacial score (nSPS) is 30.8. The summed E-state index contributed by atoms with van der Waals surface area (Å²) in [7, 11) is 2.16. The monoisotopic (exact) mass is 322 g/mol. The van der Waals surface area contributed by atoms with Crippen LogP contribution in [0.15, 0.2) is 11.4 Å². The van der Waals surface area contributed by atoms with Crippen molar-refractivity contribution in [1.82, 2.24) is 9.80 Å². The van der Waals surface area contributed by atoms with Crippen LogP contribution < -0.4 is 0 Å². The second-order valence-corrected chi connectivity index (χ2v) is 8.01. The maximum atomic E-state index is 11.4. The fourth-order valence-corrected chi connectivity index (χ4v) is 4.87. The molecule has 5 heteroatoms. The van der Waals surface area contributed by atoms with Gasteiger partial charge >= 0.3 is 0 Å². The first-order chi connectivity index (χ1) is 10.5. The predicted octanol–water partition coefficient (Wildman–Crippen LogP) is 2.23. The van der Waals surface area contributed by atoms with Crippen molar-refractivity contribution < 1.29 is 9.90 Å². The highest BCUT2D eigenvalue weighted by atomic mass is 32.1. The van der Waals surface area contributed by atoms with Gasteiger partial charge in [0.2, 0.25) is 0 Å². The van der Waals surface area contributed by atoms with Crippen molar-refractivity contribution in [3.8, 4) is 0 Å². The van der Waals surface area contributed by atoms with Gasteiger partial charge in [0, 0.05) is 31.6 Å². The summed E-state index contributed by atoms with van der Waals surface area (Å²) in [5.41, 5.74) is 1.26.